The smallest absolute Gasteiger partial charge is 0.416 e. The van der Waals surface area contributed by atoms with Gasteiger partial charge in [0.15, 0.2) is 5.49 Å². The summed E-state index contributed by atoms with van der Waals surface area (Å²) >= 11 is 0. The molecular formula is C32H40F3N3O4. The monoisotopic (exact) mass is 587 g/mol. The van der Waals surface area contributed by atoms with Crippen LogP contribution in [0.4, 0.5) is 13.2 Å². The second-order valence-corrected chi connectivity index (χ2v) is 12.3. The van der Waals surface area contributed by atoms with Gasteiger partial charge >= 0.3 is 6.18 Å². The van der Waals surface area contributed by atoms with Gasteiger partial charge in [-0.1, -0.05) is 51.1 Å². The standard InChI is InChI=1S/C32H40F3N3O4/c1-30(2,3)27-18-28(38(37(27)6)19-24-13-10-16-40-24)36-29(39)25-17-23(32(33,34)35)14-15-26(25)41-21-31(4,5)42-20-22-11-8-7-9-12-22/h7-9,11-12,14-15,17-18,24H,10,13,16,19-21H2,1-6H3/b36-28+/t24-/m1/s1. The van der Waals surface area contributed by atoms with Gasteiger partial charge in [-0.05, 0) is 50.5 Å². The van der Waals surface area contributed by atoms with Gasteiger partial charge in [0.05, 0.1) is 36.0 Å². The highest BCUT2D eigenvalue weighted by Gasteiger charge is 2.33. The van der Waals surface area contributed by atoms with Crippen molar-refractivity contribution in [3.05, 3.63) is 82.5 Å². The van der Waals surface area contributed by atoms with Gasteiger partial charge in [0, 0.05) is 30.8 Å². The van der Waals surface area contributed by atoms with Crippen LogP contribution in [0.1, 0.15) is 74.6 Å². The van der Waals surface area contributed by atoms with E-state index in [0.29, 0.717) is 25.2 Å². The van der Waals surface area contributed by atoms with E-state index < -0.39 is 23.2 Å². The lowest BCUT2D eigenvalue weighted by Gasteiger charge is -2.26. The zero-order valence-corrected chi connectivity index (χ0v) is 25.1. The maximum Gasteiger partial charge on any atom is 0.416 e. The van der Waals surface area contributed by atoms with E-state index in [-0.39, 0.29) is 29.4 Å². The number of benzene rings is 2. The van der Waals surface area contributed by atoms with Crippen molar-refractivity contribution in [3.63, 3.8) is 0 Å². The number of hydrogen-bond donors (Lipinski definition) is 0. The van der Waals surface area contributed by atoms with Crippen molar-refractivity contribution in [1.29, 1.82) is 0 Å². The Labute approximate surface area is 244 Å². The van der Waals surface area contributed by atoms with E-state index in [1.54, 1.807) is 0 Å². The van der Waals surface area contributed by atoms with Crippen LogP contribution in [0.15, 0.2) is 59.6 Å². The van der Waals surface area contributed by atoms with Gasteiger partial charge in [-0.15, -0.1) is 0 Å². The Kier molecular flexibility index (Phi) is 9.37. The fourth-order valence-corrected chi connectivity index (χ4v) is 4.87. The number of amides is 1. The van der Waals surface area contributed by atoms with Crippen LogP contribution in [0.3, 0.4) is 0 Å². The molecule has 3 aromatic rings. The van der Waals surface area contributed by atoms with Crippen LogP contribution in [-0.4, -0.2) is 40.2 Å². The third-order valence-corrected chi connectivity index (χ3v) is 7.21. The molecule has 0 radical (unpaired) electrons. The fourth-order valence-electron chi connectivity index (χ4n) is 4.87. The molecule has 0 saturated carbocycles. The topological polar surface area (TPSA) is 67.0 Å². The van der Waals surface area contributed by atoms with Crippen LogP contribution in [0.2, 0.25) is 0 Å². The molecule has 1 aliphatic rings. The van der Waals surface area contributed by atoms with E-state index in [4.69, 9.17) is 14.2 Å². The Morgan fingerprint density at radius 2 is 1.76 bits per heavy atom. The molecule has 42 heavy (non-hydrogen) atoms. The van der Waals surface area contributed by atoms with Crippen molar-refractivity contribution in [2.45, 2.75) is 83.9 Å². The molecule has 1 aliphatic heterocycles. The van der Waals surface area contributed by atoms with E-state index in [1.165, 1.54) is 6.07 Å². The first-order valence-electron chi connectivity index (χ1n) is 14.1. The molecule has 0 spiro atoms. The molecule has 0 aliphatic carbocycles. The quantitative estimate of drug-likeness (QED) is 0.289. The summed E-state index contributed by atoms with van der Waals surface area (Å²) < 4.78 is 62.6. The van der Waals surface area contributed by atoms with Crippen molar-refractivity contribution in [2.75, 3.05) is 13.2 Å². The number of nitrogens with zero attached hydrogens (tertiary/aromatic N) is 3. The van der Waals surface area contributed by atoms with Crippen molar-refractivity contribution in [1.82, 2.24) is 9.36 Å². The van der Waals surface area contributed by atoms with Crippen molar-refractivity contribution >= 4 is 5.91 Å². The molecule has 0 bridgehead atoms. The zero-order chi connectivity index (χ0) is 30.7. The molecule has 0 unspecified atom stereocenters. The Morgan fingerprint density at radius 3 is 2.38 bits per heavy atom. The average molecular weight is 588 g/mol. The summed E-state index contributed by atoms with van der Waals surface area (Å²) in [5, 5.41) is 0. The second kappa shape index (κ2) is 12.5. The van der Waals surface area contributed by atoms with Crippen LogP contribution < -0.4 is 10.2 Å². The lowest BCUT2D eigenvalue weighted by molar-refractivity contribution is -0.137. The lowest BCUT2D eigenvalue weighted by atomic mass is 9.92. The minimum atomic E-state index is -4.64. The number of rotatable bonds is 9. The van der Waals surface area contributed by atoms with Gasteiger partial charge in [0.1, 0.15) is 12.4 Å². The first-order valence-corrected chi connectivity index (χ1v) is 14.1. The summed E-state index contributed by atoms with van der Waals surface area (Å²) in [5.41, 5.74) is -0.0375. The van der Waals surface area contributed by atoms with Gasteiger partial charge in [-0.2, -0.15) is 18.2 Å². The molecule has 1 saturated heterocycles. The summed E-state index contributed by atoms with van der Waals surface area (Å²) in [6.45, 7) is 11.3. The second-order valence-electron chi connectivity index (χ2n) is 12.3. The van der Waals surface area contributed by atoms with Crippen LogP contribution in [0.5, 0.6) is 5.75 Å². The van der Waals surface area contributed by atoms with E-state index in [0.717, 1.165) is 36.2 Å². The highest BCUT2D eigenvalue weighted by atomic mass is 19.4. The Bertz CT molecular complexity index is 1440. The molecular weight excluding hydrogens is 547 g/mol. The van der Waals surface area contributed by atoms with Crippen LogP contribution >= 0.6 is 0 Å². The minimum absolute atomic E-state index is 0.00397. The normalized spacial score (nSPS) is 16.7. The highest BCUT2D eigenvalue weighted by molar-refractivity contribution is 5.97. The Hall–Kier alpha value is -3.37. The predicted octanol–water partition coefficient (Wildman–Crippen LogP) is 6.44. The molecule has 1 fully saturated rings. The lowest BCUT2D eigenvalue weighted by Crippen LogP contribution is -2.32. The number of ether oxygens (including phenoxy) is 3. The molecule has 2 heterocycles. The van der Waals surface area contributed by atoms with Gasteiger partial charge < -0.3 is 14.2 Å². The first kappa shape index (κ1) is 31.6. The summed E-state index contributed by atoms with van der Waals surface area (Å²) in [6, 6.07) is 14.3. The molecule has 2 aromatic carbocycles. The molecule has 10 heteroatoms. The minimum Gasteiger partial charge on any atom is -0.490 e. The molecule has 7 nitrogen and oxygen atoms in total. The maximum atomic E-state index is 13.7. The van der Waals surface area contributed by atoms with Crippen LogP contribution in [0.25, 0.3) is 0 Å². The Morgan fingerprint density at radius 1 is 1.05 bits per heavy atom. The summed E-state index contributed by atoms with van der Waals surface area (Å²) in [4.78, 5) is 17.9. The Balaban J connectivity index is 1.66. The summed E-state index contributed by atoms with van der Waals surface area (Å²) in [7, 11) is 1.88. The third-order valence-electron chi connectivity index (χ3n) is 7.21. The number of hydrogen-bond acceptors (Lipinski definition) is 4. The molecule has 228 valence electrons. The van der Waals surface area contributed by atoms with Crippen LogP contribution in [0, 0.1) is 0 Å². The number of alkyl halides is 3. The van der Waals surface area contributed by atoms with Gasteiger partial charge in [-0.3, -0.25) is 14.2 Å². The highest BCUT2D eigenvalue weighted by Crippen LogP contribution is 2.33. The molecule has 4 rings (SSSR count). The molecule has 1 aromatic heterocycles. The van der Waals surface area contributed by atoms with Crippen molar-refractivity contribution in [3.8, 4) is 5.75 Å². The number of aromatic nitrogens is 2. The van der Waals surface area contributed by atoms with Crippen molar-refractivity contribution in [2.24, 2.45) is 12.0 Å². The van der Waals surface area contributed by atoms with Gasteiger partial charge in [-0.25, -0.2) is 0 Å². The van der Waals surface area contributed by atoms with Gasteiger partial charge in [0.2, 0.25) is 0 Å². The summed E-state index contributed by atoms with van der Waals surface area (Å²) in [6.07, 6.45) is -2.85. The average Bonchev–Trinajstić information content (AvgIpc) is 3.55. The fraction of sp³-hybridized carbons (Fsp3) is 0.500. The van der Waals surface area contributed by atoms with Crippen molar-refractivity contribution < 1.29 is 32.2 Å². The van der Waals surface area contributed by atoms with E-state index in [1.807, 2.05) is 87.4 Å². The van der Waals surface area contributed by atoms with Gasteiger partial charge in [0.25, 0.3) is 5.91 Å². The van der Waals surface area contributed by atoms with Crippen LogP contribution in [-0.2, 0) is 41.3 Å². The molecule has 1 amide bonds. The molecule has 0 N–H and O–H groups in total. The first-order chi connectivity index (χ1) is 19.6. The number of carbonyl (C=O) groups is 1. The largest absolute Gasteiger partial charge is 0.490 e. The summed E-state index contributed by atoms with van der Waals surface area (Å²) in [5.74, 6) is -0.822. The molecule has 1 atom stereocenters. The van der Waals surface area contributed by atoms with E-state index in [2.05, 4.69) is 4.99 Å². The SMILES string of the molecule is Cn1c(C(C)(C)C)c/c(=N\C(=O)c2cc(C(F)(F)F)ccc2OCC(C)(C)OCc2ccccc2)n1C[C@H]1CCCO1. The van der Waals surface area contributed by atoms with E-state index in [9.17, 15) is 18.0 Å². The number of halogens is 3. The third kappa shape index (κ3) is 7.92. The maximum absolute atomic E-state index is 13.7. The predicted molar refractivity (Wildman–Crippen MR) is 153 cm³/mol. The van der Waals surface area contributed by atoms with E-state index >= 15 is 0 Å². The number of carbonyl (C=O) groups excluding carboxylic acids is 1. The zero-order valence-electron chi connectivity index (χ0n) is 25.1.